The molecule has 2 aromatic heterocycles. The predicted molar refractivity (Wildman–Crippen MR) is 207 cm³/mol. The summed E-state index contributed by atoms with van der Waals surface area (Å²) < 4.78 is 24.2. The molecule has 14 heteroatoms. The summed E-state index contributed by atoms with van der Waals surface area (Å²) in [5.41, 5.74) is 5.57. The van der Waals surface area contributed by atoms with Gasteiger partial charge in [-0.15, -0.1) is 0 Å². The van der Waals surface area contributed by atoms with Gasteiger partial charge in [0.2, 0.25) is 13.6 Å². The van der Waals surface area contributed by atoms with E-state index in [1.165, 1.54) is 9.13 Å². The molecule has 2 aliphatic rings. The van der Waals surface area contributed by atoms with Gasteiger partial charge in [0.15, 0.2) is 0 Å². The van der Waals surface area contributed by atoms with Crippen molar-refractivity contribution in [2.24, 2.45) is 0 Å². The fraction of sp³-hybridized carbons (Fsp3) is 0.317. The minimum absolute atomic E-state index is 0.220. The monoisotopic (exact) mass is 750 g/mol. The lowest BCUT2D eigenvalue weighted by Gasteiger charge is -2.16. The third kappa shape index (κ3) is 9.34. The van der Waals surface area contributed by atoms with Crippen molar-refractivity contribution in [1.29, 1.82) is 0 Å². The first-order chi connectivity index (χ1) is 26.5. The molecular weight excluding hydrogens is 704 g/mol. The van der Waals surface area contributed by atoms with E-state index in [0.717, 1.165) is 52.5 Å². The molecule has 0 radical (unpaired) electrons. The zero-order valence-electron chi connectivity index (χ0n) is 31.7. The summed E-state index contributed by atoms with van der Waals surface area (Å²) in [6.07, 6.45) is 12.9. The van der Waals surface area contributed by atoms with Crippen LogP contribution < -0.4 is 5.32 Å². The first-order valence-corrected chi connectivity index (χ1v) is 17.9. The van der Waals surface area contributed by atoms with Crippen molar-refractivity contribution in [2.75, 3.05) is 61.9 Å². The van der Waals surface area contributed by atoms with Crippen molar-refractivity contribution >= 4 is 51.5 Å². The molecule has 4 heterocycles. The highest BCUT2D eigenvalue weighted by atomic mass is 16.7. The number of dihydropyridines is 1. The summed E-state index contributed by atoms with van der Waals surface area (Å²) in [5, 5.41) is 4.84. The number of para-hydroxylation sites is 1. The van der Waals surface area contributed by atoms with E-state index in [2.05, 4.69) is 15.1 Å². The minimum Gasteiger partial charge on any atom is -0.424 e. The number of hydrogen-bond acceptors (Lipinski definition) is 12. The summed E-state index contributed by atoms with van der Waals surface area (Å²) in [6.45, 7) is 0.465. The van der Waals surface area contributed by atoms with Crippen LogP contribution in [0.15, 0.2) is 96.9 Å². The van der Waals surface area contributed by atoms with Gasteiger partial charge in [0.1, 0.15) is 0 Å². The number of allylic oxidation sites excluding steroid dienone is 2. The van der Waals surface area contributed by atoms with Gasteiger partial charge in [-0.25, -0.2) is 19.2 Å². The number of rotatable bonds is 13. The number of nitrogens with one attached hydrogen (secondary N) is 1. The third-order valence-corrected chi connectivity index (χ3v) is 9.31. The number of likely N-dealkylation sites (N-methyl/N-ethyl adjacent to an activating group) is 2. The minimum atomic E-state index is -0.701. The summed E-state index contributed by atoms with van der Waals surface area (Å²) >= 11 is 0. The van der Waals surface area contributed by atoms with Crippen molar-refractivity contribution < 1.29 is 38.1 Å². The van der Waals surface area contributed by atoms with E-state index in [1.54, 1.807) is 42.9 Å². The topological polar surface area (TPSA) is 137 Å². The van der Waals surface area contributed by atoms with E-state index in [9.17, 15) is 19.2 Å². The molecule has 0 saturated heterocycles. The number of hydrogen-bond donors (Lipinski definition) is 1. The van der Waals surface area contributed by atoms with Gasteiger partial charge in [0.05, 0.1) is 22.2 Å². The average molecular weight is 751 g/mol. The number of ether oxygens (including phenoxy) is 4. The molecule has 0 saturated carbocycles. The van der Waals surface area contributed by atoms with E-state index < -0.39 is 37.7 Å². The Morgan fingerprint density at radius 3 is 1.96 bits per heavy atom. The van der Waals surface area contributed by atoms with Gasteiger partial charge in [-0.05, 0) is 81.6 Å². The molecule has 0 bridgehead atoms. The number of benzene rings is 2. The lowest BCUT2D eigenvalue weighted by atomic mass is 9.96. The lowest BCUT2D eigenvalue weighted by molar-refractivity contribution is -0.148. The number of aromatic nitrogens is 2. The second-order valence-electron chi connectivity index (χ2n) is 13.9. The second kappa shape index (κ2) is 17.3. The normalized spacial score (nSPS) is 14.1. The SMILES string of the molecule is CN1C=CCC(C(=O)OCOC(=O)n2cc(CCN(C)C)c3ccc(C4=CNC=C(C(=O)OCOC(=O)n5cc(CCN(C)C)c6ccccc65)C4)cc32)=C1. The molecule has 288 valence electrons. The Bertz CT molecular complexity index is 2220. The van der Waals surface area contributed by atoms with Crippen LogP contribution in [0.5, 0.6) is 0 Å². The van der Waals surface area contributed by atoms with Crippen molar-refractivity contribution in [3.8, 4) is 0 Å². The van der Waals surface area contributed by atoms with Crippen LogP contribution in [0.25, 0.3) is 27.4 Å². The van der Waals surface area contributed by atoms with Gasteiger partial charge in [-0.1, -0.05) is 36.4 Å². The Balaban J connectivity index is 1.10. The molecule has 0 unspecified atom stereocenters. The molecule has 0 fully saturated rings. The van der Waals surface area contributed by atoms with Gasteiger partial charge in [0, 0.05) is 74.7 Å². The molecule has 4 aromatic rings. The van der Waals surface area contributed by atoms with E-state index in [4.69, 9.17) is 18.9 Å². The number of nitrogens with zero attached hydrogens (tertiary/aromatic N) is 5. The maximum absolute atomic E-state index is 13.4. The highest BCUT2D eigenvalue weighted by Gasteiger charge is 2.22. The van der Waals surface area contributed by atoms with Crippen LogP contribution >= 0.6 is 0 Å². The largest absolute Gasteiger partial charge is 0.424 e. The smallest absolute Gasteiger partial charge is 0.421 e. The maximum atomic E-state index is 13.4. The van der Waals surface area contributed by atoms with Gasteiger partial charge in [-0.2, -0.15) is 0 Å². The van der Waals surface area contributed by atoms with Crippen LogP contribution in [0.4, 0.5) is 9.59 Å². The maximum Gasteiger partial charge on any atom is 0.421 e. The Labute approximate surface area is 319 Å². The van der Waals surface area contributed by atoms with Crippen LogP contribution in [0.2, 0.25) is 0 Å². The van der Waals surface area contributed by atoms with Gasteiger partial charge < -0.3 is 39.0 Å². The van der Waals surface area contributed by atoms with Gasteiger partial charge in [0.25, 0.3) is 0 Å². The molecular formula is C41H46N6O8. The predicted octanol–water partition coefficient (Wildman–Crippen LogP) is 5.43. The number of fused-ring (bicyclic) bond motifs is 2. The highest BCUT2D eigenvalue weighted by molar-refractivity contribution is 5.96. The number of carbonyl (C=O) groups excluding carboxylic acids is 4. The molecule has 0 atom stereocenters. The third-order valence-electron chi connectivity index (χ3n) is 9.31. The first-order valence-electron chi connectivity index (χ1n) is 17.9. The van der Waals surface area contributed by atoms with Crippen LogP contribution in [-0.4, -0.2) is 110 Å². The van der Waals surface area contributed by atoms with Crippen molar-refractivity contribution in [3.05, 3.63) is 114 Å². The van der Waals surface area contributed by atoms with Gasteiger partial charge >= 0.3 is 24.1 Å². The highest BCUT2D eigenvalue weighted by Crippen LogP contribution is 2.31. The summed E-state index contributed by atoms with van der Waals surface area (Å²) in [4.78, 5) is 58.0. The molecule has 14 nitrogen and oxygen atoms in total. The molecule has 0 aliphatic carbocycles. The Hall–Kier alpha value is -6.12. The zero-order valence-corrected chi connectivity index (χ0v) is 31.7. The van der Waals surface area contributed by atoms with Crippen molar-refractivity contribution in [2.45, 2.75) is 25.7 Å². The summed E-state index contributed by atoms with van der Waals surface area (Å²) in [7, 11) is 9.75. The number of carbonyl (C=O) groups is 4. The van der Waals surface area contributed by atoms with Crippen LogP contribution in [0, 0.1) is 0 Å². The molecule has 6 rings (SSSR count). The molecule has 2 aromatic carbocycles. The van der Waals surface area contributed by atoms with Crippen molar-refractivity contribution in [1.82, 2.24) is 29.2 Å². The average Bonchev–Trinajstić information content (AvgIpc) is 3.74. The summed E-state index contributed by atoms with van der Waals surface area (Å²) in [5.74, 6) is -1.21. The fourth-order valence-corrected chi connectivity index (χ4v) is 6.42. The molecule has 1 N–H and O–H groups in total. The quantitative estimate of drug-likeness (QED) is 0.138. The first kappa shape index (κ1) is 38.6. The Kier molecular flexibility index (Phi) is 12.2. The molecule has 0 amide bonds. The van der Waals surface area contributed by atoms with Crippen molar-refractivity contribution in [3.63, 3.8) is 0 Å². The Morgan fingerprint density at radius 1 is 0.727 bits per heavy atom. The van der Waals surface area contributed by atoms with Crippen LogP contribution in [0.1, 0.15) is 29.5 Å². The van der Waals surface area contributed by atoms with E-state index >= 15 is 0 Å². The lowest BCUT2D eigenvalue weighted by Crippen LogP contribution is -2.20. The summed E-state index contributed by atoms with van der Waals surface area (Å²) in [6, 6.07) is 13.3. The molecule has 2 aliphatic heterocycles. The standard InChI is InChI=1S/C41H46N6O8/c1-43(2)17-14-29-24-46(36-11-7-6-10-34(29)36)40(50)54-27-53-39(49)33-19-32(21-42-22-33)28-12-13-35-30(15-18-44(3)4)25-47(37(35)20-28)41(51)55-26-52-38(48)31-9-8-16-45(5)23-31/h6-8,10-13,16,20-25,42H,9,14-15,17-19,26-27H2,1-5H3. The zero-order chi connectivity index (χ0) is 39.1. The second-order valence-corrected chi connectivity index (χ2v) is 13.9. The van der Waals surface area contributed by atoms with Gasteiger partial charge in [-0.3, -0.25) is 9.13 Å². The van der Waals surface area contributed by atoms with E-state index in [-0.39, 0.29) is 6.42 Å². The van der Waals surface area contributed by atoms with E-state index in [1.807, 2.05) is 82.9 Å². The fourth-order valence-electron chi connectivity index (χ4n) is 6.42. The Morgan fingerprint density at radius 2 is 1.33 bits per heavy atom. The molecule has 55 heavy (non-hydrogen) atoms. The number of esters is 2. The van der Waals surface area contributed by atoms with Crippen LogP contribution in [-0.2, 0) is 41.4 Å². The molecule has 0 spiro atoms. The van der Waals surface area contributed by atoms with Crippen LogP contribution in [0.3, 0.4) is 0 Å². The van der Waals surface area contributed by atoms with E-state index in [0.29, 0.717) is 35.0 Å².